The predicted octanol–water partition coefficient (Wildman–Crippen LogP) is 1.37. The van der Waals surface area contributed by atoms with Crippen molar-refractivity contribution in [2.75, 3.05) is 14.1 Å². The molecule has 0 saturated carbocycles. The van der Waals surface area contributed by atoms with E-state index in [0.717, 1.165) is 12.8 Å². The summed E-state index contributed by atoms with van der Waals surface area (Å²) in [6, 6.07) is 0.640. The summed E-state index contributed by atoms with van der Waals surface area (Å²) < 4.78 is 5.50. The summed E-state index contributed by atoms with van der Waals surface area (Å²) in [6.45, 7) is 2.11. The third kappa shape index (κ3) is 2.65. The van der Waals surface area contributed by atoms with Crippen LogP contribution in [0.4, 0.5) is 0 Å². The van der Waals surface area contributed by atoms with Crippen LogP contribution in [0.15, 0.2) is 0 Å². The van der Waals surface area contributed by atoms with Gasteiger partial charge in [-0.2, -0.15) is 0 Å². The first kappa shape index (κ1) is 9.36. The predicted molar refractivity (Wildman–Crippen MR) is 50.0 cm³/mol. The van der Waals surface area contributed by atoms with Gasteiger partial charge >= 0.3 is 0 Å². The molecule has 0 aromatic rings. The van der Waals surface area contributed by atoms with Crippen LogP contribution < -0.4 is 0 Å². The van der Waals surface area contributed by atoms with E-state index in [-0.39, 0.29) is 5.44 Å². The molecule has 0 amide bonds. The summed E-state index contributed by atoms with van der Waals surface area (Å²) in [5.41, 5.74) is 0.131. The Bertz CT molecular complexity index is 119. The lowest BCUT2D eigenvalue weighted by atomic mass is 10.0. The van der Waals surface area contributed by atoms with Crippen LogP contribution in [-0.2, 0) is 4.74 Å². The third-order valence-corrected chi connectivity index (χ3v) is 2.53. The molecule has 1 heterocycles. The van der Waals surface area contributed by atoms with Crippen LogP contribution in [0, 0.1) is 0 Å². The fourth-order valence-corrected chi connectivity index (χ4v) is 1.96. The molecule has 0 N–H and O–H groups in total. The Kier molecular flexibility index (Phi) is 3.22. The SMILES string of the molecule is C[C@@H]1C[C@H](N(C)C)C[C@H](S)O1. The molecule has 1 aliphatic rings. The van der Waals surface area contributed by atoms with Crippen molar-refractivity contribution in [1.82, 2.24) is 4.90 Å². The fourth-order valence-electron chi connectivity index (χ4n) is 1.51. The van der Waals surface area contributed by atoms with Crippen LogP contribution in [0.3, 0.4) is 0 Å². The Morgan fingerprint density at radius 2 is 2.00 bits per heavy atom. The number of rotatable bonds is 1. The van der Waals surface area contributed by atoms with E-state index >= 15 is 0 Å². The lowest BCUT2D eigenvalue weighted by Gasteiger charge is -2.35. The molecule has 0 aromatic heterocycles. The minimum absolute atomic E-state index is 0.131. The molecule has 0 unspecified atom stereocenters. The Morgan fingerprint density at radius 3 is 2.45 bits per heavy atom. The van der Waals surface area contributed by atoms with Gasteiger partial charge in [0.2, 0.25) is 0 Å². The zero-order chi connectivity index (χ0) is 8.43. The van der Waals surface area contributed by atoms with Crippen molar-refractivity contribution in [2.45, 2.75) is 37.3 Å². The van der Waals surface area contributed by atoms with Gasteiger partial charge in [-0.1, -0.05) is 0 Å². The molecule has 66 valence electrons. The summed E-state index contributed by atoms with van der Waals surface area (Å²) in [4.78, 5) is 2.25. The van der Waals surface area contributed by atoms with E-state index < -0.39 is 0 Å². The van der Waals surface area contributed by atoms with Crippen LogP contribution in [0.25, 0.3) is 0 Å². The van der Waals surface area contributed by atoms with Crippen molar-refractivity contribution in [3.8, 4) is 0 Å². The molecule has 0 radical (unpaired) electrons. The first-order valence-electron chi connectivity index (χ1n) is 4.09. The topological polar surface area (TPSA) is 12.5 Å². The quantitative estimate of drug-likeness (QED) is 0.604. The zero-order valence-electron chi connectivity index (χ0n) is 7.45. The van der Waals surface area contributed by atoms with Crippen LogP contribution in [0.1, 0.15) is 19.8 Å². The Hall–Kier alpha value is 0.270. The molecule has 2 nitrogen and oxygen atoms in total. The van der Waals surface area contributed by atoms with Gasteiger partial charge in [0.15, 0.2) is 0 Å². The van der Waals surface area contributed by atoms with Crippen molar-refractivity contribution in [3.05, 3.63) is 0 Å². The molecule has 1 aliphatic heterocycles. The second-order valence-electron chi connectivity index (χ2n) is 3.49. The second kappa shape index (κ2) is 3.78. The molecule has 11 heavy (non-hydrogen) atoms. The molecule has 1 fully saturated rings. The summed E-state index contributed by atoms with van der Waals surface area (Å²) in [6.07, 6.45) is 2.53. The first-order chi connectivity index (χ1) is 5.09. The van der Waals surface area contributed by atoms with Crippen LogP contribution >= 0.6 is 12.6 Å². The van der Waals surface area contributed by atoms with E-state index in [9.17, 15) is 0 Å². The molecule has 0 aromatic carbocycles. The van der Waals surface area contributed by atoms with Crippen LogP contribution in [0.5, 0.6) is 0 Å². The molecule has 0 spiro atoms. The lowest BCUT2D eigenvalue weighted by Crippen LogP contribution is -2.39. The van der Waals surface area contributed by atoms with Gasteiger partial charge < -0.3 is 9.64 Å². The average Bonchev–Trinajstić information content (AvgIpc) is 1.85. The molecular formula is C8H17NOS. The van der Waals surface area contributed by atoms with Crippen molar-refractivity contribution >= 4 is 12.6 Å². The molecule has 0 aliphatic carbocycles. The van der Waals surface area contributed by atoms with Crippen molar-refractivity contribution in [2.24, 2.45) is 0 Å². The van der Waals surface area contributed by atoms with E-state index in [1.54, 1.807) is 0 Å². The number of thiol groups is 1. The van der Waals surface area contributed by atoms with Gasteiger partial charge in [0.1, 0.15) is 5.44 Å². The average molecular weight is 175 g/mol. The first-order valence-corrected chi connectivity index (χ1v) is 4.61. The Morgan fingerprint density at radius 1 is 1.36 bits per heavy atom. The van der Waals surface area contributed by atoms with Gasteiger partial charge in [0.25, 0.3) is 0 Å². The highest BCUT2D eigenvalue weighted by atomic mass is 32.1. The van der Waals surface area contributed by atoms with Gasteiger partial charge in [-0.25, -0.2) is 0 Å². The van der Waals surface area contributed by atoms with Gasteiger partial charge in [-0.05, 0) is 33.9 Å². The number of ether oxygens (including phenoxy) is 1. The van der Waals surface area contributed by atoms with E-state index in [1.165, 1.54) is 0 Å². The summed E-state index contributed by atoms with van der Waals surface area (Å²) in [7, 11) is 4.23. The largest absolute Gasteiger partial charge is 0.365 e. The Balaban J connectivity index is 2.43. The number of hydrogen-bond donors (Lipinski definition) is 1. The van der Waals surface area contributed by atoms with E-state index in [0.29, 0.717) is 12.1 Å². The van der Waals surface area contributed by atoms with Crippen molar-refractivity contribution < 1.29 is 4.74 Å². The molecule has 1 rings (SSSR count). The minimum atomic E-state index is 0.131. The molecular weight excluding hydrogens is 158 g/mol. The van der Waals surface area contributed by atoms with Gasteiger partial charge in [-0.3, -0.25) is 0 Å². The lowest BCUT2D eigenvalue weighted by molar-refractivity contribution is -0.0239. The highest BCUT2D eigenvalue weighted by molar-refractivity contribution is 7.80. The van der Waals surface area contributed by atoms with Crippen molar-refractivity contribution in [3.63, 3.8) is 0 Å². The van der Waals surface area contributed by atoms with Crippen LogP contribution in [0.2, 0.25) is 0 Å². The highest BCUT2D eigenvalue weighted by Gasteiger charge is 2.25. The van der Waals surface area contributed by atoms with E-state index in [4.69, 9.17) is 4.74 Å². The standard InChI is InChI=1S/C8H17NOS/c1-6-4-7(9(2)3)5-8(11)10-6/h6-8,11H,4-5H2,1-3H3/t6-,7+,8+/m1/s1. The smallest absolute Gasteiger partial charge is 0.102 e. The minimum Gasteiger partial charge on any atom is -0.365 e. The van der Waals surface area contributed by atoms with Gasteiger partial charge in [0, 0.05) is 6.04 Å². The highest BCUT2D eigenvalue weighted by Crippen LogP contribution is 2.23. The molecule has 3 atom stereocenters. The summed E-state index contributed by atoms with van der Waals surface area (Å²) in [5.74, 6) is 0. The summed E-state index contributed by atoms with van der Waals surface area (Å²) >= 11 is 4.33. The van der Waals surface area contributed by atoms with Crippen molar-refractivity contribution in [1.29, 1.82) is 0 Å². The van der Waals surface area contributed by atoms with E-state index in [2.05, 4.69) is 38.5 Å². The normalized spacial score (nSPS) is 39.5. The van der Waals surface area contributed by atoms with E-state index in [1.807, 2.05) is 0 Å². The fraction of sp³-hybridized carbons (Fsp3) is 1.00. The maximum atomic E-state index is 5.50. The van der Waals surface area contributed by atoms with Crippen LogP contribution in [-0.4, -0.2) is 36.6 Å². The van der Waals surface area contributed by atoms with Gasteiger partial charge in [0.05, 0.1) is 6.10 Å². The molecule has 3 heteroatoms. The molecule has 0 bridgehead atoms. The Labute approximate surface area is 74.3 Å². The maximum absolute atomic E-state index is 5.50. The van der Waals surface area contributed by atoms with Gasteiger partial charge in [-0.15, -0.1) is 12.6 Å². The monoisotopic (exact) mass is 175 g/mol. The molecule has 1 saturated heterocycles. The number of nitrogens with zero attached hydrogens (tertiary/aromatic N) is 1. The third-order valence-electron chi connectivity index (χ3n) is 2.20. The second-order valence-corrected chi connectivity index (χ2v) is 4.07. The maximum Gasteiger partial charge on any atom is 0.102 e. The zero-order valence-corrected chi connectivity index (χ0v) is 8.34. The summed E-state index contributed by atoms with van der Waals surface area (Å²) in [5, 5.41) is 0. The number of hydrogen-bond acceptors (Lipinski definition) is 3.